The maximum atomic E-state index is 13.9. The molecule has 2 aromatic heterocycles. The lowest BCUT2D eigenvalue weighted by Crippen LogP contribution is -2.71. The summed E-state index contributed by atoms with van der Waals surface area (Å²) in [6.45, 7) is 11.9. The first-order valence-electron chi connectivity index (χ1n) is 14.4. The molecule has 218 valence electrons. The van der Waals surface area contributed by atoms with Crippen molar-refractivity contribution in [3.05, 3.63) is 52.9 Å². The predicted octanol–water partition coefficient (Wildman–Crippen LogP) is 3.09. The molecule has 0 unspecified atom stereocenters. The number of aryl methyl sites for hydroxylation is 1. The fraction of sp³-hybridized carbons (Fsp3) is 0.533. The van der Waals surface area contributed by atoms with Crippen molar-refractivity contribution in [1.29, 1.82) is 0 Å². The molecule has 41 heavy (non-hydrogen) atoms. The van der Waals surface area contributed by atoms with E-state index in [4.69, 9.17) is 4.52 Å². The van der Waals surface area contributed by atoms with Crippen molar-refractivity contribution in [2.24, 2.45) is 11.3 Å². The molecule has 2 amide bonds. The molecular formula is C30H38N6O4S. The number of rotatable bonds is 8. The fourth-order valence-electron chi connectivity index (χ4n) is 6.32. The summed E-state index contributed by atoms with van der Waals surface area (Å²) in [4.78, 5) is 36.6. The van der Waals surface area contributed by atoms with Gasteiger partial charge in [-0.3, -0.25) is 9.59 Å². The van der Waals surface area contributed by atoms with Gasteiger partial charge in [0.15, 0.2) is 11.6 Å². The van der Waals surface area contributed by atoms with E-state index in [1.165, 1.54) is 4.90 Å². The van der Waals surface area contributed by atoms with Crippen molar-refractivity contribution < 1.29 is 19.2 Å². The van der Waals surface area contributed by atoms with E-state index in [1.807, 2.05) is 63.5 Å². The van der Waals surface area contributed by atoms with Crippen LogP contribution >= 0.6 is 11.3 Å². The third kappa shape index (κ3) is 5.26. The number of β-amino-alcohol motifs (C(OH)–C–C–N with tert-alkyl or cyclic N) is 1. The minimum atomic E-state index is -0.765. The van der Waals surface area contributed by atoms with E-state index in [2.05, 4.69) is 25.7 Å². The number of carbonyl (C=O) groups is 2. The maximum absolute atomic E-state index is 13.9. The zero-order valence-corrected chi connectivity index (χ0v) is 24.8. The summed E-state index contributed by atoms with van der Waals surface area (Å²) < 4.78 is 5.71. The van der Waals surface area contributed by atoms with Gasteiger partial charge in [0.25, 0.3) is 0 Å². The number of nitrogens with one attached hydrogen (secondary N) is 2. The quantitative estimate of drug-likeness (QED) is 0.373. The van der Waals surface area contributed by atoms with Crippen LogP contribution in [0.3, 0.4) is 0 Å². The number of aromatic nitrogens is 2. The lowest BCUT2D eigenvalue weighted by Gasteiger charge is -2.56. The van der Waals surface area contributed by atoms with Gasteiger partial charge in [0.2, 0.25) is 11.8 Å². The van der Waals surface area contributed by atoms with Crippen LogP contribution in [0.4, 0.5) is 5.82 Å². The summed E-state index contributed by atoms with van der Waals surface area (Å²) in [6, 6.07) is 8.92. The zero-order valence-electron chi connectivity index (χ0n) is 24.0. The fourth-order valence-corrected chi connectivity index (χ4v) is 7.13. The van der Waals surface area contributed by atoms with E-state index < -0.39 is 18.1 Å². The predicted molar refractivity (Wildman–Crippen MR) is 157 cm³/mol. The normalized spacial score (nSPS) is 22.9. The second-order valence-corrected chi connectivity index (χ2v) is 13.1. The number of thiazole rings is 1. The first-order chi connectivity index (χ1) is 19.6. The number of aliphatic hydroxyl groups excluding tert-OH is 1. The second-order valence-electron chi connectivity index (χ2n) is 12.3. The standard InChI is InChI=1S/C30H38N6O4S/c1-17(2)26(24-10-25(34-40-24)35-14-30(15-35)12-31-13-30)29(39)36-11-22(37)9-23(36)28(38)33-18(3)20-5-7-21(8-6-20)27-19(4)32-16-41-27/h5-8,10,16-18,22-23,26,31,37H,9,11-15H2,1-4H3,(H,33,38)/t18-,22+,23-,26+/m0/s1. The van der Waals surface area contributed by atoms with Gasteiger partial charge in [-0.25, -0.2) is 4.98 Å². The molecule has 11 heteroatoms. The number of amides is 2. The average molecular weight is 579 g/mol. The molecule has 0 saturated carbocycles. The number of carbonyl (C=O) groups excluding carboxylic acids is 2. The molecule has 6 rings (SSSR count). The van der Waals surface area contributed by atoms with E-state index in [-0.39, 0.29) is 36.7 Å². The molecule has 3 saturated heterocycles. The largest absolute Gasteiger partial charge is 0.391 e. The molecule has 0 bridgehead atoms. The number of anilines is 1. The number of aliphatic hydroxyl groups is 1. The Labute approximate surface area is 244 Å². The molecule has 3 N–H and O–H groups in total. The van der Waals surface area contributed by atoms with Gasteiger partial charge in [-0.15, -0.1) is 11.3 Å². The Morgan fingerprint density at radius 2 is 1.93 bits per heavy atom. The minimum absolute atomic E-state index is 0.0806. The van der Waals surface area contributed by atoms with Crippen LogP contribution in [0.15, 0.2) is 40.4 Å². The molecular weight excluding hydrogens is 540 g/mol. The molecule has 1 aromatic carbocycles. The van der Waals surface area contributed by atoms with E-state index in [1.54, 1.807) is 11.3 Å². The van der Waals surface area contributed by atoms with Gasteiger partial charge in [0.05, 0.1) is 28.2 Å². The van der Waals surface area contributed by atoms with Crippen LogP contribution in [0.5, 0.6) is 0 Å². The molecule has 10 nitrogen and oxygen atoms in total. The van der Waals surface area contributed by atoms with E-state index in [9.17, 15) is 14.7 Å². The summed E-state index contributed by atoms with van der Waals surface area (Å²) in [6.07, 6.45) is -0.567. The van der Waals surface area contributed by atoms with Crippen molar-refractivity contribution in [1.82, 2.24) is 25.7 Å². The van der Waals surface area contributed by atoms with Gasteiger partial charge in [0.1, 0.15) is 12.0 Å². The highest BCUT2D eigenvalue weighted by Gasteiger charge is 2.49. The van der Waals surface area contributed by atoms with Crippen molar-refractivity contribution in [3.8, 4) is 10.4 Å². The van der Waals surface area contributed by atoms with Gasteiger partial charge >= 0.3 is 0 Å². The Balaban J connectivity index is 1.13. The average Bonchev–Trinajstić information content (AvgIpc) is 3.62. The number of hydrogen-bond donors (Lipinski definition) is 3. The first-order valence-corrected chi connectivity index (χ1v) is 15.2. The van der Waals surface area contributed by atoms with Crippen molar-refractivity contribution in [2.75, 3.05) is 37.6 Å². The monoisotopic (exact) mass is 578 g/mol. The Hall–Kier alpha value is -3.28. The van der Waals surface area contributed by atoms with Gasteiger partial charge < -0.3 is 30.1 Å². The Bertz CT molecular complexity index is 1410. The lowest BCUT2D eigenvalue weighted by atomic mass is 9.74. The number of hydrogen-bond acceptors (Lipinski definition) is 9. The second kappa shape index (κ2) is 10.8. The molecule has 3 fully saturated rings. The third-order valence-corrected chi connectivity index (χ3v) is 9.75. The highest BCUT2D eigenvalue weighted by Crippen LogP contribution is 2.39. The van der Waals surface area contributed by atoms with E-state index >= 15 is 0 Å². The third-order valence-electron chi connectivity index (χ3n) is 8.77. The summed E-state index contributed by atoms with van der Waals surface area (Å²) in [5.74, 6) is 0.0700. The first kappa shape index (κ1) is 27.9. The van der Waals surface area contributed by atoms with Crippen molar-refractivity contribution in [3.63, 3.8) is 0 Å². The van der Waals surface area contributed by atoms with Crippen molar-refractivity contribution in [2.45, 2.75) is 58.2 Å². The van der Waals surface area contributed by atoms with Crippen LogP contribution in [-0.4, -0.2) is 76.8 Å². The van der Waals surface area contributed by atoms with E-state index in [0.717, 1.165) is 53.7 Å². The van der Waals surface area contributed by atoms with Crippen LogP contribution in [0.25, 0.3) is 10.4 Å². The Morgan fingerprint density at radius 3 is 2.54 bits per heavy atom. The molecule has 4 atom stereocenters. The van der Waals surface area contributed by atoms with Crippen LogP contribution in [-0.2, 0) is 9.59 Å². The van der Waals surface area contributed by atoms with Crippen LogP contribution in [0.2, 0.25) is 0 Å². The highest BCUT2D eigenvalue weighted by molar-refractivity contribution is 7.13. The minimum Gasteiger partial charge on any atom is -0.391 e. The molecule has 1 spiro atoms. The van der Waals surface area contributed by atoms with Crippen molar-refractivity contribution >= 4 is 29.0 Å². The molecule has 3 aromatic rings. The zero-order chi connectivity index (χ0) is 28.9. The maximum Gasteiger partial charge on any atom is 0.243 e. The highest BCUT2D eigenvalue weighted by atomic mass is 32.1. The molecule has 5 heterocycles. The number of likely N-dealkylation sites (tertiary alicyclic amines) is 1. The molecule has 0 radical (unpaired) electrons. The lowest BCUT2D eigenvalue weighted by molar-refractivity contribution is -0.141. The topological polar surface area (TPSA) is 124 Å². The van der Waals surface area contributed by atoms with Crippen LogP contribution in [0.1, 0.15) is 56.2 Å². The molecule has 0 aliphatic carbocycles. The summed E-state index contributed by atoms with van der Waals surface area (Å²) >= 11 is 1.60. The smallest absolute Gasteiger partial charge is 0.243 e. The van der Waals surface area contributed by atoms with Gasteiger partial charge in [-0.05, 0) is 30.9 Å². The summed E-state index contributed by atoms with van der Waals surface area (Å²) in [7, 11) is 0. The van der Waals surface area contributed by atoms with Gasteiger partial charge in [-0.2, -0.15) is 0 Å². The summed E-state index contributed by atoms with van der Waals surface area (Å²) in [5, 5.41) is 21.2. The molecule has 3 aliphatic heterocycles. The van der Waals surface area contributed by atoms with Gasteiger partial charge in [0, 0.05) is 50.6 Å². The number of nitrogens with zero attached hydrogens (tertiary/aromatic N) is 4. The Kier molecular flexibility index (Phi) is 7.37. The number of benzene rings is 1. The van der Waals surface area contributed by atoms with Crippen LogP contribution in [0, 0.1) is 18.3 Å². The van der Waals surface area contributed by atoms with Gasteiger partial charge in [-0.1, -0.05) is 43.3 Å². The van der Waals surface area contributed by atoms with Crippen LogP contribution < -0.4 is 15.5 Å². The Morgan fingerprint density at radius 1 is 1.20 bits per heavy atom. The van der Waals surface area contributed by atoms with E-state index in [0.29, 0.717) is 11.2 Å². The SMILES string of the molecule is Cc1ncsc1-c1ccc([C@H](C)NC(=O)[C@@H]2C[C@@H](O)CN2C(=O)[C@@H](c2cc(N3CC4(CNC4)C3)no2)C(C)C)cc1. The molecule has 3 aliphatic rings. The summed E-state index contributed by atoms with van der Waals surface area (Å²) in [5.41, 5.74) is 5.23.